The first-order chi connectivity index (χ1) is 14.9. The van der Waals surface area contributed by atoms with Crippen molar-refractivity contribution < 1.29 is 17.9 Å². The molecule has 7 heteroatoms. The quantitative estimate of drug-likeness (QED) is 0.547. The zero-order chi connectivity index (χ0) is 21.8. The number of carbonyl (C=O) groups excluding carboxylic acids is 1. The van der Waals surface area contributed by atoms with E-state index in [1.54, 1.807) is 18.2 Å². The third-order valence-corrected chi connectivity index (χ3v) is 8.28. The number of benzene rings is 3. The van der Waals surface area contributed by atoms with Crippen molar-refractivity contribution in [3.63, 3.8) is 0 Å². The Morgan fingerprint density at radius 3 is 2.48 bits per heavy atom. The normalized spacial score (nSPS) is 17.3. The van der Waals surface area contributed by atoms with E-state index in [1.807, 2.05) is 61.5 Å². The SMILES string of the molecule is Cc1cccc(Oc2ccc(NC(=O)c3ccccc3S[C@H]3CCS(=O)(=O)C3)cc2)c1. The fourth-order valence-corrected chi connectivity index (χ4v) is 7.04. The molecule has 1 amide bonds. The van der Waals surface area contributed by atoms with Crippen molar-refractivity contribution in [3.05, 3.63) is 83.9 Å². The Balaban J connectivity index is 1.42. The molecular formula is C24H23NO4S2. The summed E-state index contributed by atoms with van der Waals surface area (Å²) < 4.78 is 29.3. The van der Waals surface area contributed by atoms with Crippen LogP contribution in [0.1, 0.15) is 22.3 Å². The summed E-state index contributed by atoms with van der Waals surface area (Å²) in [6.45, 7) is 2.01. The van der Waals surface area contributed by atoms with E-state index in [9.17, 15) is 13.2 Å². The number of anilines is 1. The molecule has 0 saturated carbocycles. The summed E-state index contributed by atoms with van der Waals surface area (Å²) >= 11 is 1.46. The molecule has 1 N–H and O–H groups in total. The van der Waals surface area contributed by atoms with E-state index in [2.05, 4.69) is 5.32 Å². The summed E-state index contributed by atoms with van der Waals surface area (Å²) in [6.07, 6.45) is 0.616. The molecule has 0 spiro atoms. The van der Waals surface area contributed by atoms with Crippen molar-refractivity contribution in [2.24, 2.45) is 0 Å². The van der Waals surface area contributed by atoms with Crippen molar-refractivity contribution in [3.8, 4) is 11.5 Å². The fourth-order valence-electron chi connectivity index (χ4n) is 3.41. The molecule has 0 aliphatic carbocycles. The number of rotatable bonds is 6. The molecule has 0 bridgehead atoms. The Kier molecular flexibility index (Phi) is 6.34. The second-order valence-corrected chi connectivity index (χ2v) is 11.1. The van der Waals surface area contributed by atoms with Gasteiger partial charge in [-0.05, 0) is 67.4 Å². The van der Waals surface area contributed by atoms with E-state index in [1.165, 1.54) is 11.8 Å². The number of carbonyl (C=O) groups is 1. The Morgan fingerprint density at radius 2 is 1.77 bits per heavy atom. The van der Waals surface area contributed by atoms with Gasteiger partial charge in [0.1, 0.15) is 11.5 Å². The highest BCUT2D eigenvalue weighted by atomic mass is 32.2. The molecule has 1 fully saturated rings. The molecule has 0 unspecified atom stereocenters. The van der Waals surface area contributed by atoms with Gasteiger partial charge in [0.2, 0.25) is 0 Å². The highest BCUT2D eigenvalue weighted by Crippen LogP contribution is 2.33. The lowest BCUT2D eigenvalue weighted by molar-refractivity contribution is 0.102. The van der Waals surface area contributed by atoms with Crippen LogP contribution in [0.5, 0.6) is 11.5 Å². The minimum atomic E-state index is -2.96. The Hall–Kier alpha value is -2.77. The van der Waals surface area contributed by atoms with Crippen LogP contribution in [0.4, 0.5) is 5.69 Å². The highest BCUT2D eigenvalue weighted by molar-refractivity contribution is 8.02. The maximum atomic E-state index is 12.9. The Bertz CT molecular complexity index is 1190. The minimum absolute atomic E-state index is 0.0167. The first-order valence-corrected chi connectivity index (χ1v) is 12.7. The van der Waals surface area contributed by atoms with E-state index in [0.29, 0.717) is 23.4 Å². The van der Waals surface area contributed by atoms with Gasteiger partial charge in [0.05, 0.1) is 17.1 Å². The van der Waals surface area contributed by atoms with Gasteiger partial charge in [-0.2, -0.15) is 0 Å². The van der Waals surface area contributed by atoms with Crippen LogP contribution < -0.4 is 10.1 Å². The number of aryl methyl sites for hydroxylation is 1. The summed E-state index contributed by atoms with van der Waals surface area (Å²) in [4.78, 5) is 13.7. The molecule has 31 heavy (non-hydrogen) atoms. The molecule has 0 aromatic heterocycles. The minimum Gasteiger partial charge on any atom is -0.457 e. The third-order valence-electron chi connectivity index (χ3n) is 4.95. The number of nitrogens with one attached hydrogen (secondary N) is 1. The summed E-state index contributed by atoms with van der Waals surface area (Å²) in [5, 5.41) is 2.90. The van der Waals surface area contributed by atoms with E-state index in [-0.39, 0.29) is 22.7 Å². The Morgan fingerprint density at radius 1 is 1.00 bits per heavy atom. The van der Waals surface area contributed by atoms with Crippen molar-refractivity contribution in [2.45, 2.75) is 23.5 Å². The zero-order valence-electron chi connectivity index (χ0n) is 17.1. The van der Waals surface area contributed by atoms with Crippen LogP contribution in [0, 0.1) is 6.92 Å². The zero-order valence-corrected chi connectivity index (χ0v) is 18.7. The van der Waals surface area contributed by atoms with Gasteiger partial charge >= 0.3 is 0 Å². The maximum absolute atomic E-state index is 12.9. The molecule has 1 heterocycles. The number of amides is 1. The van der Waals surface area contributed by atoms with Crippen LogP contribution in [0.3, 0.4) is 0 Å². The van der Waals surface area contributed by atoms with E-state index >= 15 is 0 Å². The molecule has 160 valence electrons. The number of thioether (sulfide) groups is 1. The first-order valence-electron chi connectivity index (χ1n) is 10.00. The first kappa shape index (κ1) is 21.5. The molecule has 1 atom stereocenters. The van der Waals surface area contributed by atoms with Crippen molar-refractivity contribution in [1.82, 2.24) is 0 Å². The topological polar surface area (TPSA) is 72.5 Å². The number of hydrogen-bond acceptors (Lipinski definition) is 5. The van der Waals surface area contributed by atoms with Gasteiger partial charge in [0.15, 0.2) is 9.84 Å². The number of sulfone groups is 1. The second kappa shape index (κ2) is 9.16. The van der Waals surface area contributed by atoms with Crippen molar-refractivity contribution in [1.29, 1.82) is 0 Å². The maximum Gasteiger partial charge on any atom is 0.256 e. The van der Waals surface area contributed by atoms with E-state index in [0.717, 1.165) is 16.2 Å². The van der Waals surface area contributed by atoms with E-state index < -0.39 is 9.84 Å². The predicted octanol–water partition coefficient (Wildman–Crippen LogP) is 5.32. The highest BCUT2D eigenvalue weighted by Gasteiger charge is 2.29. The van der Waals surface area contributed by atoms with Crippen molar-refractivity contribution in [2.75, 3.05) is 16.8 Å². The molecule has 1 aliphatic rings. The summed E-state index contributed by atoms with van der Waals surface area (Å²) in [7, 11) is -2.96. The van der Waals surface area contributed by atoms with Crippen LogP contribution in [-0.2, 0) is 9.84 Å². The summed E-state index contributed by atoms with van der Waals surface area (Å²) in [6, 6.07) is 22.3. The largest absolute Gasteiger partial charge is 0.457 e. The molecular weight excluding hydrogens is 430 g/mol. The van der Waals surface area contributed by atoms with Gasteiger partial charge in [-0.3, -0.25) is 4.79 Å². The third kappa shape index (κ3) is 5.68. The van der Waals surface area contributed by atoms with Crippen LogP contribution in [0.2, 0.25) is 0 Å². The molecule has 3 aromatic carbocycles. The lowest BCUT2D eigenvalue weighted by Crippen LogP contribution is -2.14. The van der Waals surface area contributed by atoms with Crippen LogP contribution in [-0.4, -0.2) is 31.1 Å². The lowest BCUT2D eigenvalue weighted by atomic mass is 10.2. The number of hydrogen-bond donors (Lipinski definition) is 1. The van der Waals surface area contributed by atoms with E-state index in [4.69, 9.17) is 4.74 Å². The lowest BCUT2D eigenvalue weighted by Gasteiger charge is -2.13. The van der Waals surface area contributed by atoms with Gasteiger partial charge in [-0.1, -0.05) is 24.3 Å². The smallest absolute Gasteiger partial charge is 0.256 e. The van der Waals surface area contributed by atoms with Crippen LogP contribution in [0.25, 0.3) is 0 Å². The summed E-state index contributed by atoms with van der Waals surface area (Å²) in [5.74, 6) is 1.60. The van der Waals surface area contributed by atoms with Crippen LogP contribution >= 0.6 is 11.8 Å². The molecule has 1 aliphatic heterocycles. The van der Waals surface area contributed by atoms with Gasteiger partial charge in [-0.15, -0.1) is 11.8 Å². The average molecular weight is 454 g/mol. The average Bonchev–Trinajstić information content (AvgIpc) is 3.08. The van der Waals surface area contributed by atoms with Crippen LogP contribution in [0.15, 0.2) is 77.7 Å². The van der Waals surface area contributed by atoms with Gasteiger partial charge in [-0.25, -0.2) is 8.42 Å². The molecule has 1 saturated heterocycles. The second-order valence-electron chi connectivity index (χ2n) is 7.54. The van der Waals surface area contributed by atoms with Crippen molar-refractivity contribution >= 4 is 33.2 Å². The monoisotopic (exact) mass is 453 g/mol. The fraction of sp³-hybridized carbons (Fsp3) is 0.208. The molecule has 3 aromatic rings. The van der Waals surface area contributed by atoms with Gasteiger partial charge in [0.25, 0.3) is 5.91 Å². The molecule has 4 rings (SSSR count). The summed E-state index contributed by atoms with van der Waals surface area (Å²) in [5.41, 5.74) is 2.31. The number of ether oxygens (including phenoxy) is 1. The standard InChI is InChI=1S/C24H23NO4S2/c1-17-5-4-6-20(15-17)29-19-11-9-18(10-12-19)25-24(26)22-7-2-3-8-23(22)30-21-13-14-31(27,28)16-21/h2-12,15,21H,13-14,16H2,1H3,(H,25,26)/t21-/m0/s1. The molecule has 5 nitrogen and oxygen atoms in total. The van der Waals surface area contributed by atoms with Gasteiger partial charge in [0, 0.05) is 15.8 Å². The molecule has 0 radical (unpaired) electrons. The predicted molar refractivity (Wildman–Crippen MR) is 125 cm³/mol. The van der Waals surface area contributed by atoms with Gasteiger partial charge < -0.3 is 10.1 Å². The Labute approximate surface area is 186 Å².